The molecule has 3 heterocycles. The van der Waals surface area contributed by atoms with E-state index in [1.54, 1.807) is 13.1 Å². The normalized spacial score (nSPS) is 29.2. The van der Waals surface area contributed by atoms with Crippen molar-refractivity contribution in [2.75, 3.05) is 19.7 Å². The smallest absolute Gasteiger partial charge is 0.158 e. The molecule has 1 N–H and O–H groups in total. The van der Waals surface area contributed by atoms with E-state index in [-0.39, 0.29) is 6.10 Å². The fourth-order valence-corrected chi connectivity index (χ4v) is 3.03. The first kappa shape index (κ1) is 13.0. The van der Waals surface area contributed by atoms with E-state index in [2.05, 4.69) is 14.9 Å². The summed E-state index contributed by atoms with van der Waals surface area (Å²) in [6, 6.07) is 0.592. The van der Waals surface area contributed by atoms with E-state index in [4.69, 9.17) is 4.74 Å². The van der Waals surface area contributed by atoms with Crippen molar-refractivity contribution in [2.24, 2.45) is 0 Å². The zero-order valence-corrected chi connectivity index (χ0v) is 11.5. The Kier molecular flexibility index (Phi) is 3.52. The van der Waals surface area contributed by atoms with E-state index in [0.717, 1.165) is 36.8 Å². The van der Waals surface area contributed by atoms with Gasteiger partial charge in [0.15, 0.2) is 5.82 Å². The van der Waals surface area contributed by atoms with Gasteiger partial charge in [-0.15, -0.1) is 0 Å². The highest BCUT2D eigenvalue weighted by Crippen LogP contribution is 2.29. The minimum atomic E-state index is -0.524. The summed E-state index contributed by atoms with van der Waals surface area (Å²) < 4.78 is 5.90. The highest BCUT2D eigenvalue weighted by Gasteiger charge is 2.34. The molecular formula is C14H21N3O2. The third kappa shape index (κ3) is 2.50. The number of ether oxygens (including phenoxy) is 1. The first-order valence-corrected chi connectivity index (χ1v) is 7.02. The van der Waals surface area contributed by atoms with Gasteiger partial charge in [-0.3, -0.25) is 4.90 Å². The van der Waals surface area contributed by atoms with Gasteiger partial charge in [0.1, 0.15) is 6.10 Å². The van der Waals surface area contributed by atoms with Gasteiger partial charge < -0.3 is 9.84 Å². The standard InChI is InChI=1S/C14H21N3O2/c1-9-12(10(2)18)6-15-14(16-9)13-7-17-5-3-4-11(17)8-19-13/h6,10-11,13,18H,3-5,7-8H2,1-2H3/t10-,11?,13?/m1/s1. The molecule has 0 radical (unpaired) electrons. The van der Waals surface area contributed by atoms with Crippen LogP contribution in [0.3, 0.4) is 0 Å². The summed E-state index contributed by atoms with van der Waals surface area (Å²) >= 11 is 0. The van der Waals surface area contributed by atoms with Crippen molar-refractivity contribution in [3.8, 4) is 0 Å². The Hall–Kier alpha value is -1.04. The number of aliphatic hydroxyl groups is 1. The molecule has 2 unspecified atom stereocenters. The molecule has 5 nitrogen and oxygen atoms in total. The van der Waals surface area contributed by atoms with Gasteiger partial charge in [0.05, 0.1) is 12.7 Å². The van der Waals surface area contributed by atoms with Crippen molar-refractivity contribution in [1.29, 1.82) is 0 Å². The fraction of sp³-hybridized carbons (Fsp3) is 0.714. The van der Waals surface area contributed by atoms with Gasteiger partial charge >= 0.3 is 0 Å². The maximum atomic E-state index is 9.61. The lowest BCUT2D eigenvalue weighted by atomic mass is 10.1. The Balaban J connectivity index is 1.77. The van der Waals surface area contributed by atoms with Crippen LogP contribution in [0.5, 0.6) is 0 Å². The summed E-state index contributed by atoms with van der Waals surface area (Å²) in [5.41, 5.74) is 1.63. The third-order valence-corrected chi connectivity index (χ3v) is 4.16. The summed E-state index contributed by atoms with van der Waals surface area (Å²) in [5.74, 6) is 0.743. The Morgan fingerprint density at radius 1 is 1.53 bits per heavy atom. The zero-order valence-electron chi connectivity index (χ0n) is 11.5. The second-order valence-electron chi connectivity index (χ2n) is 5.56. The van der Waals surface area contributed by atoms with Gasteiger partial charge in [0.2, 0.25) is 0 Å². The van der Waals surface area contributed by atoms with Gasteiger partial charge in [0, 0.05) is 30.0 Å². The predicted octanol–water partition coefficient (Wildman–Crippen LogP) is 1.37. The van der Waals surface area contributed by atoms with Gasteiger partial charge in [-0.2, -0.15) is 0 Å². The number of fused-ring (bicyclic) bond motifs is 1. The SMILES string of the molecule is Cc1nc(C2CN3CCCC3CO2)ncc1[C@@H](C)O. The molecule has 2 fully saturated rings. The van der Waals surface area contributed by atoms with Crippen LogP contribution in [0.4, 0.5) is 0 Å². The number of aliphatic hydroxyl groups excluding tert-OH is 1. The van der Waals surface area contributed by atoms with Crippen molar-refractivity contribution in [2.45, 2.75) is 44.9 Å². The molecule has 0 aliphatic carbocycles. The van der Waals surface area contributed by atoms with Crippen LogP contribution in [-0.4, -0.2) is 45.7 Å². The average molecular weight is 263 g/mol. The first-order chi connectivity index (χ1) is 9.15. The van der Waals surface area contributed by atoms with Gasteiger partial charge in [0.25, 0.3) is 0 Å². The molecule has 0 amide bonds. The highest BCUT2D eigenvalue weighted by atomic mass is 16.5. The summed E-state index contributed by atoms with van der Waals surface area (Å²) in [4.78, 5) is 11.4. The van der Waals surface area contributed by atoms with Crippen molar-refractivity contribution in [1.82, 2.24) is 14.9 Å². The van der Waals surface area contributed by atoms with Crippen LogP contribution in [0.2, 0.25) is 0 Å². The number of aryl methyl sites for hydroxylation is 1. The second-order valence-corrected chi connectivity index (χ2v) is 5.56. The molecule has 1 aromatic heterocycles. The Morgan fingerprint density at radius 3 is 3.11 bits per heavy atom. The lowest BCUT2D eigenvalue weighted by molar-refractivity contribution is -0.0542. The number of morpholine rings is 1. The zero-order chi connectivity index (χ0) is 13.4. The predicted molar refractivity (Wildman–Crippen MR) is 70.7 cm³/mol. The van der Waals surface area contributed by atoms with Gasteiger partial charge in [-0.25, -0.2) is 9.97 Å². The molecule has 104 valence electrons. The van der Waals surface area contributed by atoms with E-state index in [1.165, 1.54) is 12.8 Å². The highest BCUT2D eigenvalue weighted by molar-refractivity contribution is 5.19. The van der Waals surface area contributed by atoms with E-state index in [1.807, 2.05) is 6.92 Å². The number of nitrogens with zero attached hydrogens (tertiary/aromatic N) is 3. The fourth-order valence-electron chi connectivity index (χ4n) is 3.03. The molecule has 5 heteroatoms. The molecule has 0 aromatic carbocycles. The lowest BCUT2D eigenvalue weighted by Crippen LogP contribution is -2.42. The van der Waals surface area contributed by atoms with E-state index in [0.29, 0.717) is 6.04 Å². The summed E-state index contributed by atoms with van der Waals surface area (Å²) in [7, 11) is 0. The summed E-state index contributed by atoms with van der Waals surface area (Å²) in [6.07, 6.45) is 3.68. The molecule has 2 aliphatic rings. The Bertz CT molecular complexity index is 464. The van der Waals surface area contributed by atoms with Crippen molar-refractivity contribution in [3.63, 3.8) is 0 Å². The first-order valence-electron chi connectivity index (χ1n) is 7.02. The molecule has 3 rings (SSSR count). The monoisotopic (exact) mass is 263 g/mol. The van der Waals surface area contributed by atoms with Crippen molar-refractivity contribution < 1.29 is 9.84 Å². The Morgan fingerprint density at radius 2 is 2.37 bits per heavy atom. The van der Waals surface area contributed by atoms with Crippen LogP contribution in [0, 0.1) is 6.92 Å². The van der Waals surface area contributed by atoms with Crippen LogP contribution < -0.4 is 0 Å². The topological polar surface area (TPSA) is 58.5 Å². The van der Waals surface area contributed by atoms with Crippen molar-refractivity contribution >= 4 is 0 Å². The van der Waals surface area contributed by atoms with Crippen LogP contribution in [-0.2, 0) is 4.74 Å². The minimum absolute atomic E-state index is 0.0314. The summed E-state index contributed by atoms with van der Waals surface area (Å²) in [6.45, 7) is 6.48. The molecule has 3 atom stereocenters. The molecule has 2 aliphatic heterocycles. The molecule has 0 spiro atoms. The third-order valence-electron chi connectivity index (χ3n) is 4.16. The van der Waals surface area contributed by atoms with E-state index >= 15 is 0 Å². The minimum Gasteiger partial charge on any atom is -0.389 e. The molecule has 19 heavy (non-hydrogen) atoms. The molecule has 0 bridgehead atoms. The molecular weight excluding hydrogens is 242 g/mol. The number of hydrogen-bond acceptors (Lipinski definition) is 5. The maximum absolute atomic E-state index is 9.61. The lowest BCUT2D eigenvalue weighted by Gasteiger charge is -2.34. The Labute approximate surface area is 113 Å². The molecule has 0 saturated carbocycles. The van der Waals surface area contributed by atoms with Gasteiger partial charge in [-0.05, 0) is 33.2 Å². The average Bonchev–Trinajstić information content (AvgIpc) is 2.85. The van der Waals surface area contributed by atoms with Crippen LogP contribution in [0.25, 0.3) is 0 Å². The number of aromatic nitrogens is 2. The van der Waals surface area contributed by atoms with E-state index < -0.39 is 6.10 Å². The second kappa shape index (κ2) is 5.15. The van der Waals surface area contributed by atoms with Crippen LogP contribution in [0.1, 0.15) is 49.1 Å². The molecule has 1 aromatic rings. The number of rotatable bonds is 2. The van der Waals surface area contributed by atoms with Crippen LogP contribution >= 0.6 is 0 Å². The maximum Gasteiger partial charge on any atom is 0.158 e. The van der Waals surface area contributed by atoms with Gasteiger partial charge in [-0.1, -0.05) is 0 Å². The molecule has 2 saturated heterocycles. The van der Waals surface area contributed by atoms with Crippen molar-refractivity contribution in [3.05, 3.63) is 23.3 Å². The summed E-state index contributed by atoms with van der Waals surface area (Å²) in [5, 5.41) is 9.61. The largest absolute Gasteiger partial charge is 0.389 e. The number of hydrogen-bond donors (Lipinski definition) is 1. The van der Waals surface area contributed by atoms with Crippen LogP contribution in [0.15, 0.2) is 6.20 Å². The quantitative estimate of drug-likeness (QED) is 0.873. The van der Waals surface area contributed by atoms with E-state index in [9.17, 15) is 5.11 Å².